The average molecular weight is 417 g/mol. The summed E-state index contributed by atoms with van der Waals surface area (Å²) >= 11 is 0. The number of nitrogens with two attached hydrogens (primary N) is 1. The minimum Gasteiger partial charge on any atom is -0.497 e. The molecule has 29 heavy (non-hydrogen) atoms. The summed E-state index contributed by atoms with van der Waals surface area (Å²) in [6.07, 6.45) is 0.728. The quantitative estimate of drug-likeness (QED) is 0.333. The molecule has 1 fully saturated rings. The number of sulfonamides is 1. The van der Waals surface area contributed by atoms with Gasteiger partial charge in [0, 0.05) is 18.7 Å². The molecule has 0 aliphatic carbocycles. The number of benzene rings is 2. The van der Waals surface area contributed by atoms with Crippen molar-refractivity contribution in [2.45, 2.75) is 17.7 Å². The first kappa shape index (κ1) is 20.8. The number of oxime groups is 1. The van der Waals surface area contributed by atoms with Gasteiger partial charge < -0.3 is 15.3 Å². The fourth-order valence-electron chi connectivity index (χ4n) is 3.06. The molecule has 8 nitrogen and oxygen atoms in total. The number of carbonyl (C=O) groups excluding carboxylic acids is 1. The lowest BCUT2D eigenvalue weighted by Crippen LogP contribution is -2.40. The Bertz CT molecular complexity index is 967. The number of hydrogen-bond donors (Lipinski definition) is 1. The van der Waals surface area contributed by atoms with Crippen molar-refractivity contribution in [2.24, 2.45) is 16.8 Å². The van der Waals surface area contributed by atoms with Gasteiger partial charge in [0.1, 0.15) is 5.75 Å². The molecule has 0 amide bonds. The van der Waals surface area contributed by atoms with Gasteiger partial charge in [0.15, 0.2) is 5.84 Å². The smallest absolute Gasteiger partial charge is 0.338 e. The monoisotopic (exact) mass is 417 g/mol. The lowest BCUT2D eigenvalue weighted by Gasteiger charge is -2.29. The molecule has 0 aromatic heterocycles. The molecule has 3 rings (SSSR count). The molecule has 0 radical (unpaired) electrons. The van der Waals surface area contributed by atoms with Gasteiger partial charge in [-0.3, -0.25) is 0 Å². The molecule has 154 valence electrons. The molecule has 9 heteroatoms. The summed E-state index contributed by atoms with van der Waals surface area (Å²) in [7, 11) is -2.00. The Morgan fingerprint density at radius 1 is 1.07 bits per heavy atom. The summed E-state index contributed by atoms with van der Waals surface area (Å²) in [4.78, 5) is 17.5. The maximum absolute atomic E-state index is 12.6. The highest BCUT2D eigenvalue weighted by Gasteiger charge is 2.33. The SMILES string of the molecule is COc1ccc(/C(N)=N/OC(=O)C2CCN(S(=O)(=O)c3ccccc3)CC2)cc1. The van der Waals surface area contributed by atoms with Crippen molar-refractivity contribution in [1.29, 1.82) is 0 Å². The maximum atomic E-state index is 12.6. The summed E-state index contributed by atoms with van der Waals surface area (Å²) in [5, 5.41) is 3.71. The predicted molar refractivity (Wildman–Crippen MR) is 108 cm³/mol. The van der Waals surface area contributed by atoms with Crippen molar-refractivity contribution in [3.05, 3.63) is 60.2 Å². The molecule has 0 saturated carbocycles. The third-order valence-corrected chi connectivity index (χ3v) is 6.70. The van der Waals surface area contributed by atoms with Gasteiger partial charge in [-0.25, -0.2) is 13.2 Å². The summed E-state index contributed by atoms with van der Waals surface area (Å²) in [5.74, 6) is -0.191. The van der Waals surface area contributed by atoms with Crippen LogP contribution in [0, 0.1) is 5.92 Å². The fourth-order valence-corrected chi connectivity index (χ4v) is 4.55. The summed E-state index contributed by atoms with van der Waals surface area (Å²) in [5.41, 5.74) is 6.45. The second kappa shape index (κ2) is 9.06. The molecule has 1 aliphatic heterocycles. The molecule has 2 aromatic carbocycles. The number of carbonyl (C=O) groups is 1. The van der Waals surface area contributed by atoms with E-state index >= 15 is 0 Å². The van der Waals surface area contributed by atoms with E-state index in [-0.39, 0.29) is 23.8 Å². The maximum Gasteiger partial charge on any atom is 0.338 e. The van der Waals surface area contributed by atoms with Crippen molar-refractivity contribution in [1.82, 2.24) is 4.31 Å². The Labute approximate surface area is 170 Å². The molecule has 0 spiro atoms. The van der Waals surface area contributed by atoms with Gasteiger partial charge in [-0.1, -0.05) is 23.4 Å². The van der Waals surface area contributed by atoms with Gasteiger partial charge in [0.25, 0.3) is 0 Å². The average Bonchev–Trinajstić information content (AvgIpc) is 2.78. The van der Waals surface area contributed by atoms with Gasteiger partial charge in [0.05, 0.1) is 17.9 Å². The molecule has 1 heterocycles. The fraction of sp³-hybridized carbons (Fsp3) is 0.300. The summed E-state index contributed by atoms with van der Waals surface area (Å²) in [6.45, 7) is 0.489. The molecule has 2 N–H and O–H groups in total. The largest absolute Gasteiger partial charge is 0.497 e. The van der Waals surface area contributed by atoms with Gasteiger partial charge in [0.2, 0.25) is 10.0 Å². The van der Waals surface area contributed by atoms with Crippen LogP contribution in [0.5, 0.6) is 5.75 Å². The first-order valence-electron chi connectivity index (χ1n) is 9.16. The normalized spacial score (nSPS) is 16.4. The van der Waals surface area contributed by atoms with Crippen molar-refractivity contribution in [3.63, 3.8) is 0 Å². The molecular formula is C20H23N3O5S. The van der Waals surface area contributed by atoms with E-state index in [1.807, 2.05) is 0 Å². The molecule has 1 saturated heterocycles. The van der Waals surface area contributed by atoms with Crippen LogP contribution >= 0.6 is 0 Å². The van der Waals surface area contributed by atoms with Gasteiger partial charge in [-0.05, 0) is 49.2 Å². The predicted octanol–water partition coefficient (Wildman–Crippen LogP) is 1.96. The van der Waals surface area contributed by atoms with Crippen LogP contribution in [0.4, 0.5) is 0 Å². The highest BCUT2D eigenvalue weighted by atomic mass is 32.2. The van der Waals surface area contributed by atoms with Crippen molar-refractivity contribution >= 4 is 21.8 Å². The van der Waals surface area contributed by atoms with E-state index in [1.165, 1.54) is 4.31 Å². The zero-order valence-electron chi connectivity index (χ0n) is 16.0. The number of rotatable bonds is 6. The van der Waals surface area contributed by atoms with Crippen molar-refractivity contribution < 1.29 is 22.8 Å². The number of piperidine rings is 1. The van der Waals surface area contributed by atoms with E-state index < -0.39 is 21.9 Å². The van der Waals surface area contributed by atoms with Crippen LogP contribution in [-0.2, 0) is 19.7 Å². The van der Waals surface area contributed by atoms with Crippen molar-refractivity contribution in [2.75, 3.05) is 20.2 Å². The van der Waals surface area contributed by atoms with Crippen molar-refractivity contribution in [3.8, 4) is 5.75 Å². The second-order valence-corrected chi connectivity index (χ2v) is 8.54. The first-order valence-corrected chi connectivity index (χ1v) is 10.6. The van der Waals surface area contributed by atoms with E-state index in [9.17, 15) is 13.2 Å². The summed E-state index contributed by atoms with van der Waals surface area (Å²) in [6, 6.07) is 15.1. The number of ether oxygens (including phenoxy) is 1. The molecular weight excluding hydrogens is 394 g/mol. The number of methoxy groups -OCH3 is 1. The molecule has 1 aliphatic rings. The zero-order valence-corrected chi connectivity index (χ0v) is 16.8. The van der Waals surface area contributed by atoms with Crippen LogP contribution < -0.4 is 10.5 Å². The van der Waals surface area contributed by atoms with Crippen LogP contribution in [-0.4, -0.2) is 44.7 Å². The standard InChI is InChI=1S/C20H23N3O5S/c1-27-17-9-7-15(8-10-17)19(21)22-28-20(24)16-11-13-23(14-12-16)29(25,26)18-5-3-2-4-6-18/h2-10,16H,11-14H2,1H3,(H2,21,22). The van der Waals surface area contributed by atoms with Crippen LogP contribution in [0.1, 0.15) is 18.4 Å². The van der Waals surface area contributed by atoms with Crippen LogP contribution in [0.25, 0.3) is 0 Å². The van der Waals surface area contributed by atoms with E-state index in [2.05, 4.69) is 5.16 Å². The second-order valence-electron chi connectivity index (χ2n) is 6.61. The third-order valence-electron chi connectivity index (χ3n) is 4.79. The van der Waals surface area contributed by atoms with Crippen LogP contribution in [0.2, 0.25) is 0 Å². The summed E-state index contributed by atoms with van der Waals surface area (Å²) < 4.78 is 31.8. The number of hydrogen-bond acceptors (Lipinski definition) is 6. The Kier molecular flexibility index (Phi) is 6.50. The number of amidine groups is 1. The molecule has 0 unspecified atom stereocenters. The third kappa shape index (κ3) is 4.93. The minimum absolute atomic E-state index is 0.0742. The lowest BCUT2D eigenvalue weighted by atomic mass is 9.99. The Morgan fingerprint density at radius 3 is 2.28 bits per heavy atom. The van der Waals surface area contributed by atoms with Gasteiger partial charge in [-0.2, -0.15) is 4.31 Å². The Hall–Kier alpha value is -2.91. The van der Waals surface area contributed by atoms with E-state index in [0.717, 1.165) is 0 Å². The Morgan fingerprint density at radius 2 is 1.69 bits per heavy atom. The zero-order chi connectivity index (χ0) is 20.9. The van der Waals surface area contributed by atoms with E-state index in [0.29, 0.717) is 24.2 Å². The highest BCUT2D eigenvalue weighted by molar-refractivity contribution is 7.89. The molecule has 0 bridgehead atoms. The molecule has 0 atom stereocenters. The minimum atomic E-state index is -3.56. The molecule has 2 aromatic rings. The number of nitrogens with zero attached hydrogens (tertiary/aromatic N) is 2. The lowest BCUT2D eigenvalue weighted by molar-refractivity contribution is -0.149. The topological polar surface area (TPSA) is 111 Å². The first-order chi connectivity index (χ1) is 13.9. The van der Waals surface area contributed by atoms with E-state index in [1.54, 1.807) is 61.7 Å². The van der Waals surface area contributed by atoms with E-state index in [4.69, 9.17) is 15.3 Å². The van der Waals surface area contributed by atoms with Gasteiger partial charge >= 0.3 is 5.97 Å². The Balaban J connectivity index is 1.56. The van der Waals surface area contributed by atoms with Crippen LogP contribution in [0.15, 0.2) is 64.6 Å². The van der Waals surface area contributed by atoms with Crippen LogP contribution in [0.3, 0.4) is 0 Å². The highest BCUT2D eigenvalue weighted by Crippen LogP contribution is 2.24. The van der Waals surface area contributed by atoms with Gasteiger partial charge in [-0.15, -0.1) is 0 Å².